The summed E-state index contributed by atoms with van der Waals surface area (Å²) in [5.41, 5.74) is 3.22. The van der Waals surface area contributed by atoms with Gasteiger partial charge in [-0.1, -0.05) is 60.2 Å². The van der Waals surface area contributed by atoms with Gasteiger partial charge in [-0.15, -0.1) is 0 Å². The fraction of sp³-hybridized carbons (Fsp3) is 0.400. The van der Waals surface area contributed by atoms with Crippen LogP contribution in [0.5, 0.6) is 0 Å². The average molecular weight is 359 g/mol. The maximum atomic E-state index is 12.8. The number of benzene rings is 2. The maximum Gasteiger partial charge on any atom is 0.218 e. The summed E-state index contributed by atoms with van der Waals surface area (Å²) >= 11 is 0. The average Bonchev–Trinajstić information content (AvgIpc) is 2.57. The van der Waals surface area contributed by atoms with E-state index in [9.17, 15) is 8.42 Å². The smallest absolute Gasteiger partial charge is 0.218 e. The Morgan fingerprint density at radius 1 is 1.00 bits per heavy atom. The zero-order valence-electron chi connectivity index (χ0n) is 14.9. The minimum absolute atomic E-state index is 0.0834. The molecule has 1 aliphatic rings. The van der Waals surface area contributed by atoms with Gasteiger partial charge in [-0.25, -0.2) is 8.42 Å². The van der Waals surface area contributed by atoms with E-state index in [4.69, 9.17) is 0 Å². The molecule has 0 aliphatic carbocycles. The Labute approximate surface area is 151 Å². The number of hydrogen-bond acceptors (Lipinski definition) is 3. The van der Waals surface area contributed by atoms with Crippen LogP contribution in [0.1, 0.15) is 23.6 Å². The summed E-state index contributed by atoms with van der Waals surface area (Å²) in [6, 6.07) is 18.3. The summed E-state index contributed by atoms with van der Waals surface area (Å²) in [7, 11) is -3.28. The van der Waals surface area contributed by atoms with Crippen molar-refractivity contribution in [2.24, 2.45) is 0 Å². The summed E-state index contributed by atoms with van der Waals surface area (Å²) < 4.78 is 27.2. The normalized spacial score (nSPS) is 19.8. The molecule has 0 radical (unpaired) electrons. The van der Waals surface area contributed by atoms with Crippen molar-refractivity contribution in [1.29, 1.82) is 0 Å². The fourth-order valence-corrected chi connectivity index (χ4v) is 4.96. The molecule has 1 saturated heterocycles. The lowest BCUT2D eigenvalue weighted by Gasteiger charge is -2.39. The van der Waals surface area contributed by atoms with Gasteiger partial charge in [-0.2, -0.15) is 4.31 Å². The lowest BCUT2D eigenvalue weighted by atomic mass is 10.1. The van der Waals surface area contributed by atoms with Gasteiger partial charge in [-0.3, -0.25) is 4.90 Å². The molecule has 25 heavy (non-hydrogen) atoms. The molecule has 0 aromatic heterocycles. The molecule has 2 aromatic carbocycles. The van der Waals surface area contributed by atoms with Crippen LogP contribution < -0.4 is 0 Å². The predicted molar refractivity (Wildman–Crippen MR) is 102 cm³/mol. The highest BCUT2D eigenvalue weighted by atomic mass is 32.2. The monoisotopic (exact) mass is 358 g/mol. The molecule has 0 amide bonds. The number of piperazine rings is 1. The Hall–Kier alpha value is -1.69. The van der Waals surface area contributed by atoms with E-state index in [0.717, 1.165) is 24.2 Å². The van der Waals surface area contributed by atoms with Crippen molar-refractivity contribution in [3.63, 3.8) is 0 Å². The fourth-order valence-electron chi connectivity index (χ4n) is 3.37. The first-order chi connectivity index (χ1) is 11.9. The number of rotatable bonds is 5. The first-order valence-electron chi connectivity index (χ1n) is 8.75. The molecule has 0 bridgehead atoms. The lowest BCUT2D eigenvalue weighted by molar-refractivity contribution is 0.122. The number of nitrogens with zero attached hydrogens (tertiary/aromatic N) is 2. The Kier molecular flexibility index (Phi) is 5.57. The third-order valence-corrected chi connectivity index (χ3v) is 6.60. The zero-order valence-corrected chi connectivity index (χ0v) is 15.7. The molecule has 4 nitrogen and oxygen atoms in total. The van der Waals surface area contributed by atoms with Gasteiger partial charge in [0.25, 0.3) is 0 Å². The van der Waals surface area contributed by atoms with Crippen molar-refractivity contribution in [1.82, 2.24) is 9.21 Å². The van der Waals surface area contributed by atoms with E-state index in [-0.39, 0.29) is 11.8 Å². The highest BCUT2D eigenvalue weighted by Crippen LogP contribution is 2.19. The van der Waals surface area contributed by atoms with Gasteiger partial charge in [-0.05, 0) is 25.0 Å². The Balaban J connectivity index is 1.63. The van der Waals surface area contributed by atoms with Crippen molar-refractivity contribution >= 4 is 10.0 Å². The molecule has 1 heterocycles. The van der Waals surface area contributed by atoms with Crippen LogP contribution in [0.4, 0.5) is 0 Å². The molecule has 1 aliphatic heterocycles. The number of aryl methyl sites for hydroxylation is 1. The third-order valence-electron chi connectivity index (χ3n) is 4.78. The van der Waals surface area contributed by atoms with E-state index in [2.05, 4.69) is 24.0 Å². The highest BCUT2D eigenvalue weighted by molar-refractivity contribution is 7.88. The molecule has 2 aromatic rings. The van der Waals surface area contributed by atoms with E-state index >= 15 is 0 Å². The van der Waals surface area contributed by atoms with E-state index < -0.39 is 10.0 Å². The molecule has 0 saturated carbocycles. The SMILES string of the molecule is Cc1cccc(CS(=O)(=O)N2CCN(Cc3ccccc3)C(C)C2)c1. The van der Waals surface area contributed by atoms with E-state index in [1.807, 2.05) is 49.4 Å². The second-order valence-electron chi connectivity index (χ2n) is 6.91. The van der Waals surface area contributed by atoms with Crippen LogP contribution in [-0.2, 0) is 22.3 Å². The van der Waals surface area contributed by atoms with Crippen molar-refractivity contribution in [3.05, 3.63) is 71.3 Å². The van der Waals surface area contributed by atoms with E-state index in [1.54, 1.807) is 4.31 Å². The first kappa shape index (κ1) is 18.1. The van der Waals surface area contributed by atoms with E-state index in [0.29, 0.717) is 13.1 Å². The van der Waals surface area contributed by atoms with Crippen molar-refractivity contribution in [2.45, 2.75) is 32.2 Å². The van der Waals surface area contributed by atoms with Crippen LogP contribution in [0.3, 0.4) is 0 Å². The zero-order chi connectivity index (χ0) is 17.9. The van der Waals surface area contributed by atoms with Crippen molar-refractivity contribution in [3.8, 4) is 0 Å². The molecule has 1 fully saturated rings. The van der Waals surface area contributed by atoms with Crippen molar-refractivity contribution < 1.29 is 8.42 Å². The summed E-state index contributed by atoms with van der Waals surface area (Å²) in [5, 5.41) is 0. The molecule has 1 unspecified atom stereocenters. The molecule has 5 heteroatoms. The molecule has 3 rings (SSSR count). The van der Waals surface area contributed by atoms with Gasteiger partial charge in [0, 0.05) is 32.2 Å². The lowest BCUT2D eigenvalue weighted by Crippen LogP contribution is -2.53. The number of hydrogen-bond donors (Lipinski definition) is 0. The highest BCUT2D eigenvalue weighted by Gasteiger charge is 2.31. The summed E-state index contributed by atoms with van der Waals surface area (Å²) in [6.07, 6.45) is 0. The number of sulfonamides is 1. The molecule has 0 spiro atoms. The third kappa shape index (κ3) is 4.69. The van der Waals surface area contributed by atoms with Crippen LogP contribution in [-0.4, -0.2) is 43.3 Å². The van der Waals surface area contributed by atoms with Gasteiger partial charge < -0.3 is 0 Å². The van der Waals surface area contributed by atoms with Gasteiger partial charge in [0.15, 0.2) is 0 Å². The van der Waals surface area contributed by atoms with Crippen LogP contribution >= 0.6 is 0 Å². The molecule has 1 atom stereocenters. The van der Waals surface area contributed by atoms with Crippen LogP contribution in [0.25, 0.3) is 0 Å². The maximum absolute atomic E-state index is 12.8. The predicted octanol–water partition coefficient (Wildman–Crippen LogP) is 3.03. The van der Waals surface area contributed by atoms with Crippen LogP contribution in [0.15, 0.2) is 54.6 Å². The second-order valence-corrected chi connectivity index (χ2v) is 8.88. The van der Waals surface area contributed by atoms with Gasteiger partial charge in [0.2, 0.25) is 10.0 Å². The minimum atomic E-state index is -3.28. The Morgan fingerprint density at radius 3 is 2.40 bits per heavy atom. The van der Waals surface area contributed by atoms with Gasteiger partial charge in [0.1, 0.15) is 0 Å². The summed E-state index contributed by atoms with van der Waals surface area (Å²) in [5.74, 6) is 0.0834. The quantitative estimate of drug-likeness (QED) is 0.825. The first-order valence-corrected chi connectivity index (χ1v) is 10.4. The summed E-state index contributed by atoms with van der Waals surface area (Å²) in [6.45, 7) is 6.85. The second kappa shape index (κ2) is 7.68. The standard InChI is InChI=1S/C20H26N2O2S/c1-17-7-6-10-20(13-17)16-25(23,24)22-12-11-21(18(2)14-22)15-19-8-4-3-5-9-19/h3-10,13,18H,11-12,14-16H2,1-2H3. The van der Waals surface area contributed by atoms with Crippen LogP contribution in [0, 0.1) is 6.92 Å². The van der Waals surface area contributed by atoms with E-state index in [1.165, 1.54) is 5.56 Å². The molecule has 134 valence electrons. The molecular formula is C20H26N2O2S. The Morgan fingerprint density at radius 2 is 1.72 bits per heavy atom. The topological polar surface area (TPSA) is 40.6 Å². The van der Waals surface area contributed by atoms with Crippen molar-refractivity contribution in [2.75, 3.05) is 19.6 Å². The van der Waals surface area contributed by atoms with Gasteiger partial charge >= 0.3 is 0 Å². The molecule has 0 N–H and O–H groups in total. The largest absolute Gasteiger partial charge is 0.294 e. The summed E-state index contributed by atoms with van der Waals surface area (Å²) in [4.78, 5) is 2.36. The minimum Gasteiger partial charge on any atom is -0.294 e. The van der Waals surface area contributed by atoms with Gasteiger partial charge in [0.05, 0.1) is 5.75 Å². The molecular weight excluding hydrogens is 332 g/mol. The Bertz CT molecular complexity index is 805. The van der Waals surface area contributed by atoms with Crippen LogP contribution in [0.2, 0.25) is 0 Å².